The molecule has 0 unspecified atom stereocenters. The molecule has 1 N–H and O–H groups in total. The summed E-state index contributed by atoms with van der Waals surface area (Å²) in [5, 5.41) is 7.04. The van der Waals surface area contributed by atoms with Gasteiger partial charge >= 0.3 is 0 Å². The number of aromatic nitrogens is 1. The van der Waals surface area contributed by atoms with Gasteiger partial charge in [0.25, 0.3) is 0 Å². The second-order valence-electron chi connectivity index (χ2n) is 7.13. The molecule has 0 atom stereocenters. The summed E-state index contributed by atoms with van der Waals surface area (Å²) in [5.41, 5.74) is 1.40. The minimum Gasteiger partial charge on any atom is -0.310 e. The highest BCUT2D eigenvalue weighted by atomic mass is 32.1. The lowest BCUT2D eigenvalue weighted by Gasteiger charge is -2.26. The van der Waals surface area contributed by atoms with Crippen LogP contribution in [0.4, 0.5) is 0 Å². The van der Waals surface area contributed by atoms with Crippen molar-refractivity contribution >= 4 is 11.3 Å². The quantitative estimate of drug-likeness (QED) is 0.886. The largest absolute Gasteiger partial charge is 0.310 e. The molecule has 0 bridgehead atoms. The molecule has 19 heavy (non-hydrogen) atoms. The summed E-state index contributed by atoms with van der Waals surface area (Å²) < 4.78 is 0. The van der Waals surface area contributed by atoms with E-state index in [9.17, 15) is 0 Å². The lowest BCUT2D eigenvalue weighted by Crippen LogP contribution is -2.25. The van der Waals surface area contributed by atoms with Crippen LogP contribution in [0, 0.1) is 11.8 Å². The summed E-state index contributed by atoms with van der Waals surface area (Å²) in [6, 6.07) is 0. The average Bonchev–Trinajstić information content (AvgIpc) is 2.80. The first-order chi connectivity index (χ1) is 8.95. The Hall–Kier alpha value is -0.410. The monoisotopic (exact) mass is 280 g/mol. The van der Waals surface area contributed by atoms with Crippen molar-refractivity contribution in [2.24, 2.45) is 11.8 Å². The first-order valence-corrected chi connectivity index (χ1v) is 8.48. The Balaban J connectivity index is 1.72. The number of nitrogens with one attached hydrogen (secondary N) is 1. The van der Waals surface area contributed by atoms with Crippen LogP contribution in [-0.2, 0) is 12.0 Å². The van der Waals surface area contributed by atoms with Crippen LogP contribution in [-0.4, -0.2) is 11.5 Å². The third-order valence-corrected chi connectivity index (χ3v) is 5.01. The van der Waals surface area contributed by atoms with Crippen LogP contribution >= 0.6 is 11.3 Å². The minimum atomic E-state index is 0.175. The smallest absolute Gasteiger partial charge is 0.107 e. The molecule has 0 saturated heterocycles. The molecule has 108 valence electrons. The molecule has 2 rings (SSSR count). The second kappa shape index (κ2) is 6.36. The summed E-state index contributed by atoms with van der Waals surface area (Å²) in [5.74, 6) is 1.84. The molecular weight excluding hydrogens is 252 g/mol. The third kappa shape index (κ3) is 4.57. The SMILES string of the molecule is CC1CCC(CNCc2nc(C(C)(C)C)cs2)CC1. The van der Waals surface area contributed by atoms with Crippen LogP contribution in [0.1, 0.15) is 64.1 Å². The molecule has 0 amide bonds. The zero-order valence-corrected chi connectivity index (χ0v) is 13.6. The van der Waals surface area contributed by atoms with Gasteiger partial charge in [0.15, 0.2) is 0 Å². The normalized spacial score (nSPS) is 24.6. The fourth-order valence-electron chi connectivity index (χ4n) is 2.65. The van der Waals surface area contributed by atoms with Crippen LogP contribution in [0.2, 0.25) is 0 Å². The van der Waals surface area contributed by atoms with Crippen molar-refractivity contribution in [3.05, 3.63) is 16.1 Å². The van der Waals surface area contributed by atoms with E-state index in [4.69, 9.17) is 4.98 Å². The van der Waals surface area contributed by atoms with Gasteiger partial charge in [0.1, 0.15) is 5.01 Å². The highest BCUT2D eigenvalue weighted by molar-refractivity contribution is 7.09. The van der Waals surface area contributed by atoms with Gasteiger partial charge in [0.2, 0.25) is 0 Å². The minimum absolute atomic E-state index is 0.175. The van der Waals surface area contributed by atoms with Crippen molar-refractivity contribution in [1.82, 2.24) is 10.3 Å². The van der Waals surface area contributed by atoms with Crippen LogP contribution in [0.15, 0.2) is 5.38 Å². The summed E-state index contributed by atoms with van der Waals surface area (Å²) in [6.45, 7) is 11.2. The predicted octanol–water partition coefficient (Wildman–Crippen LogP) is 4.36. The van der Waals surface area contributed by atoms with E-state index < -0.39 is 0 Å². The van der Waals surface area contributed by atoms with Gasteiger partial charge in [-0.2, -0.15) is 0 Å². The fraction of sp³-hybridized carbons (Fsp3) is 0.812. The van der Waals surface area contributed by atoms with Gasteiger partial charge < -0.3 is 5.32 Å². The molecule has 0 aromatic carbocycles. The number of nitrogens with zero attached hydrogens (tertiary/aromatic N) is 1. The topological polar surface area (TPSA) is 24.9 Å². The van der Waals surface area contributed by atoms with Gasteiger partial charge in [0, 0.05) is 17.3 Å². The van der Waals surface area contributed by atoms with E-state index in [0.717, 1.165) is 24.9 Å². The van der Waals surface area contributed by atoms with E-state index in [2.05, 4.69) is 38.4 Å². The summed E-state index contributed by atoms with van der Waals surface area (Å²) >= 11 is 1.79. The molecule has 0 aliphatic heterocycles. The van der Waals surface area contributed by atoms with Crippen LogP contribution in [0.25, 0.3) is 0 Å². The van der Waals surface area contributed by atoms with E-state index in [1.165, 1.54) is 36.4 Å². The first kappa shape index (κ1) is 15.0. The van der Waals surface area contributed by atoms with Crippen molar-refractivity contribution in [2.45, 2.75) is 65.3 Å². The van der Waals surface area contributed by atoms with Gasteiger partial charge in [0.05, 0.1) is 5.69 Å². The van der Waals surface area contributed by atoms with Crippen LogP contribution < -0.4 is 5.32 Å². The average molecular weight is 280 g/mol. The molecule has 0 spiro atoms. The van der Waals surface area contributed by atoms with Gasteiger partial charge in [-0.3, -0.25) is 0 Å². The Morgan fingerprint density at radius 2 is 1.95 bits per heavy atom. The Morgan fingerprint density at radius 3 is 2.53 bits per heavy atom. The molecule has 1 aromatic heterocycles. The lowest BCUT2D eigenvalue weighted by atomic mass is 9.83. The molecule has 1 heterocycles. The van der Waals surface area contributed by atoms with Gasteiger partial charge in [-0.05, 0) is 31.2 Å². The Bertz CT molecular complexity index is 384. The van der Waals surface area contributed by atoms with Crippen molar-refractivity contribution in [3.63, 3.8) is 0 Å². The summed E-state index contributed by atoms with van der Waals surface area (Å²) in [6.07, 6.45) is 5.63. The number of rotatable bonds is 4. The number of hydrogen-bond acceptors (Lipinski definition) is 3. The first-order valence-electron chi connectivity index (χ1n) is 7.60. The molecule has 1 fully saturated rings. The van der Waals surface area contributed by atoms with E-state index >= 15 is 0 Å². The van der Waals surface area contributed by atoms with Crippen molar-refractivity contribution in [1.29, 1.82) is 0 Å². The summed E-state index contributed by atoms with van der Waals surface area (Å²) in [7, 11) is 0. The van der Waals surface area contributed by atoms with Gasteiger partial charge in [-0.25, -0.2) is 4.98 Å². The molecule has 1 aliphatic carbocycles. The Labute approximate surface area is 122 Å². The van der Waals surface area contributed by atoms with Crippen molar-refractivity contribution < 1.29 is 0 Å². The van der Waals surface area contributed by atoms with Crippen LogP contribution in [0.3, 0.4) is 0 Å². The fourth-order valence-corrected chi connectivity index (χ4v) is 3.64. The molecule has 3 heteroatoms. The van der Waals surface area contributed by atoms with E-state index in [-0.39, 0.29) is 5.41 Å². The third-order valence-electron chi connectivity index (χ3n) is 4.16. The maximum absolute atomic E-state index is 4.73. The maximum Gasteiger partial charge on any atom is 0.107 e. The molecular formula is C16H28N2S. The van der Waals surface area contributed by atoms with Gasteiger partial charge in [-0.15, -0.1) is 11.3 Å². The summed E-state index contributed by atoms with van der Waals surface area (Å²) in [4.78, 5) is 4.73. The highest BCUT2D eigenvalue weighted by Gasteiger charge is 2.19. The Morgan fingerprint density at radius 1 is 1.26 bits per heavy atom. The van der Waals surface area contributed by atoms with Crippen molar-refractivity contribution in [2.75, 3.05) is 6.54 Å². The lowest BCUT2D eigenvalue weighted by molar-refractivity contribution is 0.281. The molecule has 1 saturated carbocycles. The highest BCUT2D eigenvalue weighted by Crippen LogP contribution is 2.28. The molecule has 1 aromatic rings. The number of hydrogen-bond donors (Lipinski definition) is 1. The van der Waals surface area contributed by atoms with Crippen LogP contribution in [0.5, 0.6) is 0 Å². The number of thiazole rings is 1. The zero-order valence-electron chi connectivity index (χ0n) is 12.8. The van der Waals surface area contributed by atoms with E-state index in [1.807, 2.05) is 0 Å². The Kier molecular flexibility index (Phi) is 5.02. The molecule has 0 radical (unpaired) electrons. The zero-order chi connectivity index (χ0) is 13.9. The molecule has 2 nitrogen and oxygen atoms in total. The predicted molar refractivity (Wildman–Crippen MR) is 83.6 cm³/mol. The van der Waals surface area contributed by atoms with E-state index in [0.29, 0.717) is 0 Å². The van der Waals surface area contributed by atoms with Gasteiger partial charge in [-0.1, -0.05) is 40.5 Å². The standard InChI is InChI=1S/C16H28N2S/c1-12-5-7-13(8-6-12)9-17-10-15-18-14(11-19-15)16(2,3)4/h11-13,17H,5-10H2,1-4H3. The maximum atomic E-state index is 4.73. The second-order valence-corrected chi connectivity index (χ2v) is 8.08. The van der Waals surface area contributed by atoms with E-state index in [1.54, 1.807) is 11.3 Å². The van der Waals surface area contributed by atoms with Crippen molar-refractivity contribution in [3.8, 4) is 0 Å². The molecule has 1 aliphatic rings.